The Kier molecular flexibility index (Phi) is 8.86. The number of aromatic carboxylic acids is 1. The van der Waals surface area contributed by atoms with Crippen LogP contribution in [0.25, 0.3) is 10.9 Å². The third-order valence-corrected chi connectivity index (χ3v) is 7.52. The molecule has 0 atom stereocenters. The van der Waals surface area contributed by atoms with E-state index in [0.717, 1.165) is 43.4 Å². The molecule has 0 saturated carbocycles. The van der Waals surface area contributed by atoms with Gasteiger partial charge in [0.2, 0.25) is 0 Å². The van der Waals surface area contributed by atoms with Crippen molar-refractivity contribution in [2.24, 2.45) is 0 Å². The zero-order chi connectivity index (χ0) is 24.9. The number of rotatable bonds is 10. The molecule has 0 aliphatic carbocycles. The molecule has 4 rings (SSSR count). The zero-order valence-corrected chi connectivity index (χ0v) is 22.8. The van der Waals surface area contributed by atoms with Crippen LogP contribution in [0.15, 0.2) is 45.5 Å². The summed E-state index contributed by atoms with van der Waals surface area (Å²) in [6, 6.07) is 8.38. The number of nitrogens with zero attached hydrogens (tertiary/aromatic N) is 2. The zero-order valence-electron chi connectivity index (χ0n) is 19.6. The largest absolute Gasteiger partial charge is 0.490 e. The molecule has 1 N–H and O–H groups in total. The lowest BCUT2D eigenvalue weighted by atomic mass is 9.89. The smallest absolute Gasteiger partial charge is 0.339 e. The first-order valence-corrected chi connectivity index (χ1v) is 13.4. The molecule has 0 spiro atoms. The molecule has 0 bridgehead atoms. The number of fused-ring (bicyclic) bond motifs is 1. The number of carboxylic acid groups (broad SMARTS) is 1. The Bertz CT molecular complexity index is 1190. The molecule has 1 aromatic heterocycles. The van der Waals surface area contributed by atoms with Gasteiger partial charge in [-0.05, 0) is 90.6 Å². The summed E-state index contributed by atoms with van der Waals surface area (Å²) >= 11 is 6.73. The maximum atomic E-state index is 14.0. The van der Waals surface area contributed by atoms with E-state index < -0.39 is 5.97 Å². The molecule has 1 fully saturated rings. The number of carbonyl (C=O) groups is 1. The second kappa shape index (κ2) is 11.9. The Labute approximate surface area is 221 Å². The minimum atomic E-state index is -1.02. The van der Waals surface area contributed by atoms with E-state index in [1.54, 1.807) is 18.2 Å². The fourth-order valence-corrected chi connectivity index (χ4v) is 6.06. The van der Waals surface area contributed by atoms with Crippen molar-refractivity contribution < 1.29 is 23.8 Å². The summed E-state index contributed by atoms with van der Waals surface area (Å²) in [5.74, 6) is -0.489. The van der Waals surface area contributed by atoms with Crippen molar-refractivity contribution in [1.82, 2.24) is 9.47 Å². The third-order valence-electron chi connectivity index (χ3n) is 6.48. The summed E-state index contributed by atoms with van der Waals surface area (Å²) in [5, 5.41) is 10.6. The average Bonchev–Trinajstić information content (AvgIpc) is 3.18. The van der Waals surface area contributed by atoms with Crippen molar-refractivity contribution in [3.8, 4) is 5.75 Å². The van der Waals surface area contributed by atoms with Crippen LogP contribution in [0.4, 0.5) is 4.39 Å². The van der Waals surface area contributed by atoms with E-state index >= 15 is 0 Å². The number of hydrogen-bond donors (Lipinski definition) is 1. The highest BCUT2D eigenvalue weighted by Crippen LogP contribution is 2.35. The minimum Gasteiger partial charge on any atom is -0.490 e. The van der Waals surface area contributed by atoms with Crippen molar-refractivity contribution in [2.75, 3.05) is 39.5 Å². The molecule has 1 aliphatic rings. The minimum absolute atomic E-state index is 0.127. The van der Waals surface area contributed by atoms with Crippen molar-refractivity contribution in [1.29, 1.82) is 0 Å². The van der Waals surface area contributed by atoms with Gasteiger partial charge in [0.25, 0.3) is 0 Å². The van der Waals surface area contributed by atoms with Crippen LogP contribution in [-0.2, 0) is 11.3 Å². The average molecular weight is 612 g/mol. The lowest BCUT2D eigenvalue weighted by Gasteiger charge is -2.32. The summed E-state index contributed by atoms with van der Waals surface area (Å²) in [6.07, 6.45) is 4.18. The van der Waals surface area contributed by atoms with Gasteiger partial charge in [-0.3, -0.25) is 4.90 Å². The monoisotopic (exact) mass is 610 g/mol. The van der Waals surface area contributed by atoms with Crippen LogP contribution in [0.3, 0.4) is 0 Å². The predicted molar refractivity (Wildman–Crippen MR) is 141 cm³/mol. The summed E-state index contributed by atoms with van der Waals surface area (Å²) in [5.41, 5.74) is 2.32. The summed E-state index contributed by atoms with van der Waals surface area (Å²) in [7, 11) is 0. The van der Waals surface area contributed by atoms with Gasteiger partial charge < -0.3 is 19.1 Å². The van der Waals surface area contributed by atoms with E-state index in [1.165, 1.54) is 11.6 Å². The molecule has 188 valence electrons. The van der Waals surface area contributed by atoms with Gasteiger partial charge in [-0.25, -0.2) is 9.18 Å². The molecule has 35 heavy (non-hydrogen) atoms. The van der Waals surface area contributed by atoms with Gasteiger partial charge in [0, 0.05) is 35.8 Å². The van der Waals surface area contributed by atoms with Gasteiger partial charge in [-0.15, -0.1) is 0 Å². The first-order valence-electron chi connectivity index (χ1n) is 11.8. The molecule has 6 nitrogen and oxygen atoms in total. The van der Waals surface area contributed by atoms with Crippen molar-refractivity contribution in [2.45, 2.75) is 32.2 Å². The molecule has 0 unspecified atom stereocenters. The van der Waals surface area contributed by atoms with Crippen LogP contribution in [0.1, 0.15) is 41.6 Å². The number of carboxylic acids is 1. The molecule has 9 heteroatoms. The van der Waals surface area contributed by atoms with Crippen molar-refractivity contribution in [3.63, 3.8) is 0 Å². The second-order valence-corrected chi connectivity index (χ2v) is 10.4. The molecular formula is C26H29Br2FN2O4. The number of hydrogen-bond acceptors (Lipinski definition) is 4. The van der Waals surface area contributed by atoms with Gasteiger partial charge in [-0.1, -0.05) is 15.9 Å². The molecular weight excluding hydrogens is 583 g/mol. The van der Waals surface area contributed by atoms with Gasteiger partial charge >= 0.3 is 5.97 Å². The van der Waals surface area contributed by atoms with Gasteiger partial charge in [0.15, 0.2) is 0 Å². The van der Waals surface area contributed by atoms with E-state index in [0.29, 0.717) is 47.0 Å². The maximum absolute atomic E-state index is 14.0. The highest BCUT2D eigenvalue weighted by molar-refractivity contribution is 9.11. The predicted octanol–water partition coefficient (Wildman–Crippen LogP) is 6.30. The number of halogens is 3. The van der Waals surface area contributed by atoms with Gasteiger partial charge in [0.1, 0.15) is 23.7 Å². The highest BCUT2D eigenvalue weighted by atomic mass is 79.9. The number of likely N-dealkylation sites (tertiary alicyclic amines) is 1. The molecule has 0 amide bonds. The van der Waals surface area contributed by atoms with E-state index in [2.05, 4.69) is 47.5 Å². The molecule has 2 heterocycles. The maximum Gasteiger partial charge on any atom is 0.339 e. The van der Waals surface area contributed by atoms with Crippen LogP contribution in [-0.4, -0.2) is 60.0 Å². The standard InChI is InChI=1S/C26H29Br2FN2O4/c1-2-34-11-10-31-16-22(20-4-3-19(29)15-24(20)31)17-5-7-30(8-6-17)9-12-35-25-21(26(32)33)13-18(27)14-23(25)28/h3-4,13-17H,2,5-12H2,1H3,(H,32,33). The topological polar surface area (TPSA) is 63.9 Å². The van der Waals surface area contributed by atoms with E-state index in [9.17, 15) is 14.3 Å². The Morgan fingerprint density at radius 2 is 1.91 bits per heavy atom. The lowest BCUT2D eigenvalue weighted by molar-refractivity contribution is 0.0691. The second-order valence-electron chi connectivity index (χ2n) is 8.67. The van der Waals surface area contributed by atoms with Gasteiger partial charge in [0.05, 0.1) is 16.6 Å². The first kappa shape index (κ1) is 26.1. The Morgan fingerprint density at radius 3 is 2.63 bits per heavy atom. The summed E-state index contributed by atoms with van der Waals surface area (Å²) in [6.45, 7) is 6.92. The quantitative estimate of drug-likeness (QED) is 0.273. The SMILES string of the molecule is CCOCCn1cc(C2CCN(CCOc3c(Br)cc(Br)cc3C(=O)O)CC2)c2ccc(F)cc21. The number of ether oxygens (including phenoxy) is 2. The van der Waals surface area contributed by atoms with Crippen LogP contribution in [0, 0.1) is 5.82 Å². The Morgan fingerprint density at radius 1 is 1.14 bits per heavy atom. The van der Waals surface area contributed by atoms with Gasteiger partial charge in [-0.2, -0.15) is 0 Å². The molecule has 1 saturated heterocycles. The van der Waals surface area contributed by atoms with Crippen molar-refractivity contribution >= 4 is 48.7 Å². The lowest BCUT2D eigenvalue weighted by Crippen LogP contribution is -2.36. The normalized spacial score (nSPS) is 15.1. The van der Waals surface area contributed by atoms with Crippen LogP contribution < -0.4 is 4.74 Å². The molecule has 3 aromatic rings. The number of aromatic nitrogens is 1. The first-order chi connectivity index (χ1) is 16.9. The Hall–Kier alpha value is -1.94. The van der Waals surface area contributed by atoms with Crippen LogP contribution in [0.2, 0.25) is 0 Å². The summed E-state index contributed by atoms with van der Waals surface area (Å²) in [4.78, 5) is 13.9. The fourth-order valence-electron chi connectivity index (χ4n) is 4.72. The van der Waals surface area contributed by atoms with E-state index in [4.69, 9.17) is 9.47 Å². The molecule has 2 aromatic carbocycles. The number of piperidine rings is 1. The Balaban J connectivity index is 1.37. The highest BCUT2D eigenvalue weighted by Gasteiger charge is 2.24. The van der Waals surface area contributed by atoms with Crippen LogP contribution >= 0.6 is 31.9 Å². The molecule has 0 radical (unpaired) electrons. The van der Waals surface area contributed by atoms with E-state index in [1.807, 2.05) is 13.0 Å². The van der Waals surface area contributed by atoms with E-state index in [-0.39, 0.29) is 11.4 Å². The number of benzene rings is 2. The van der Waals surface area contributed by atoms with Crippen LogP contribution in [0.5, 0.6) is 5.75 Å². The summed E-state index contributed by atoms with van der Waals surface area (Å²) < 4.78 is 28.8. The third kappa shape index (κ3) is 6.25. The molecule has 1 aliphatic heterocycles. The van der Waals surface area contributed by atoms with Crippen molar-refractivity contribution in [3.05, 3.63) is 62.4 Å². The fraction of sp³-hybridized carbons (Fsp3) is 0.423.